The van der Waals surface area contributed by atoms with Gasteiger partial charge >= 0.3 is 5.97 Å². The van der Waals surface area contributed by atoms with Crippen LogP contribution in [-0.4, -0.2) is 42.4 Å². The Hall–Kier alpha value is -4.27. The van der Waals surface area contributed by atoms with Crippen molar-refractivity contribution >= 4 is 45.4 Å². The Morgan fingerprint density at radius 1 is 1.14 bits per heavy atom. The van der Waals surface area contributed by atoms with Crippen molar-refractivity contribution in [3.8, 4) is 5.75 Å². The fourth-order valence-corrected chi connectivity index (χ4v) is 4.25. The summed E-state index contributed by atoms with van der Waals surface area (Å²) >= 11 is 0. The van der Waals surface area contributed by atoms with Crippen LogP contribution in [0.4, 0.5) is 5.69 Å². The number of hydrogen-bond donors (Lipinski definition) is 1. The number of rotatable bonds is 7. The Labute approximate surface area is 200 Å². The smallest absolute Gasteiger partial charge is 0.312 e. The minimum atomic E-state index is -1.08. The number of esters is 1. The molecule has 0 bridgehead atoms. The summed E-state index contributed by atoms with van der Waals surface area (Å²) in [4.78, 5) is 39.3. The average molecular weight is 476 g/mol. The van der Waals surface area contributed by atoms with Crippen LogP contribution in [0.1, 0.15) is 19.1 Å². The molecule has 9 heteroatoms. The van der Waals surface area contributed by atoms with Gasteiger partial charge in [0.05, 0.1) is 31.5 Å². The fraction of sp³-hybridized carbons (Fsp3) is 0.269. The molecule has 2 aromatic heterocycles. The van der Waals surface area contributed by atoms with Crippen molar-refractivity contribution in [2.75, 3.05) is 19.0 Å². The SMILES string of the molecule is COc1cc2c(cc1NC(=O)[C@H](C)OC(=O)[C@H]1CC(=O)N(Cc3ccco3)C1)oc1ccccc12. The first-order valence-electron chi connectivity index (χ1n) is 11.2. The monoisotopic (exact) mass is 476 g/mol. The Morgan fingerprint density at radius 2 is 1.97 bits per heavy atom. The van der Waals surface area contributed by atoms with E-state index in [1.807, 2.05) is 24.3 Å². The highest BCUT2D eigenvalue weighted by molar-refractivity contribution is 6.08. The van der Waals surface area contributed by atoms with Gasteiger partial charge in [-0.05, 0) is 31.2 Å². The van der Waals surface area contributed by atoms with Crippen LogP contribution in [0.3, 0.4) is 0 Å². The summed E-state index contributed by atoms with van der Waals surface area (Å²) in [6.07, 6.45) is 0.487. The molecule has 9 nitrogen and oxygen atoms in total. The van der Waals surface area contributed by atoms with E-state index in [1.54, 1.807) is 29.2 Å². The highest BCUT2D eigenvalue weighted by Crippen LogP contribution is 2.36. The first kappa shape index (κ1) is 22.5. The number of likely N-dealkylation sites (tertiary alicyclic amines) is 1. The summed E-state index contributed by atoms with van der Waals surface area (Å²) in [5, 5.41) is 4.55. The van der Waals surface area contributed by atoms with E-state index in [0.717, 1.165) is 16.4 Å². The van der Waals surface area contributed by atoms with E-state index in [0.29, 0.717) is 22.8 Å². The molecule has 0 saturated carbocycles. The van der Waals surface area contributed by atoms with E-state index in [4.69, 9.17) is 18.3 Å². The molecule has 4 aromatic rings. The van der Waals surface area contributed by atoms with E-state index in [2.05, 4.69) is 5.32 Å². The molecule has 2 atom stereocenters. The van der Waals surface area contributed by atoms with Gasteiger partial charge in [0.1, 0.15) is 22.7 Å². The van der Waals surface area contributed by atoms with Crippen molar-refractivity contribution in [3.63, 3.8) is 0 Å². The number of hydrogen-bond acceptors (Lipinski definition) is 7. The fourth-order valence-electron chi connectivity index (χ4n) is 4.25. The predicted octanol–water partition coefficient (Wildman–Crippen LogP) is 4.11. The maximum absolute atomic E-state index is 12.8. The number of anilines is 1. The van der Waals surface area contributed by atoms with Crippen LogP contribution in [0.25, 0.3) is 21.9 Å². The molecule has 0 spiro atoms. The number of carbonyl (C=O) groups is 3. The quantitative estimate of drug-likeness (QED) is 0.400. The van der Waals surface area contributed by atoms with Crippen LogP contribution >= 0.6 is 0 Å². The van der Waals surface area contributed by atoms with Gasteiger partial charge in [0.15, 0.2) is 6.10 Å². The average Bonchev–Trinajstić information content (AvgIpc) is 3.58. The zero-order valence-corrected chi connectivity index (χ0v) is 19.3. The summed E-state index contributed by atoms with van der Waals surface area (Å²) in [5.41, 5.74) is 1.71. The first-order valence-corrected chi connectivity index (χ1v) is 11.2. The minimum Gasteiger partial charge on any atom is -0.495 e. The Morgan fingerprint density at radius 3 is 2.74 bits per heavy atom. The molecular formula is C26H24N2O7. The molecule has 2 amide bonds. The molecule has 1 N–H and O–H groups in total. The molecule has 3 heterocycles. The van der Waals surface area contributed by atoms with E-state index in [-0.39, 0.29) is 25.4 Å². The van der Waals surface area contributed by atoms with Gasteiger partial charge in [-0.15, -0.1) is 0 Å². The lowest BCUT2D eigenvalue weighted by Crippen LogP contribution is -2.33. The lowest BCUT2D eigenvalue weighted by molar-refractivity contribution is -0.157. The molecule has 0 radical (unpaired) electrons. The molecule has 1 fully saturated rings. The van der Waals surface area contributed by atoms with Gasteiger partial charge in [-0.3, -0.25) is 14.4 Å². The van der Waals surface area contributed by atoms with Gasteiger partial charge in [0, 0.05) is 29.8 Å². The van der Waals surface area contributed by atoms with Crippen LogP contribution in [0.2, 0.25) is 0 Å². The summed E-state index contributed by atoms with van der Waals surface area (Å²) in [5.74, 6) is -0.841. The second-order valence-corrected chi connectivity index (χ2v) is 8.47. The third kappa shape index (κ3) is 4.44. The van der Waals surface area contributed by atoms with Gasteiger partial charge in [-0.2, -0.15) is 0 Å². The minimum absolute atomic E-state index is 0.0322. The van der Waals surface area contributed by atoms with Crippen molar-refractivity contribution in [1.29, 1.82) is 0 Å². The van der Waals surface area contributed by atoms with Crippen molar-refractivity contribution in [2.24, 2.45) is 5.92 Å². The van der Waals surface area contributed by atoms with Gasteiger partial charge in [0.2, 0.25) is 5.91 Å². The largest absolute Gasteiger partial charge is 0.495 e. The molecule has 0 unspecified atom stereocenters. The number of carbonyl (C=O) groups excluding carboxylic acids is 3. The molecule has 5 rings (SSSR count). The normalized spacial score (nSPS) is 16.6. The third-order valence-corrected chi connectivity index (χ3v) is 6.09. The second-order valence-electron chi connectivity index (χ2n) is 8.47. The van der Waals surface area contributed by atoms with Crippen LogP contribution in [-0.2, 0) is 25.7 Å². The topological polar surface area (TPSA) is 111 Å². The van der Waals surface area contributed by atoms with Crippen LogP contribution in [0.5, 0.6) is 5.75 Å². The molecule has 35 heavy (non-hydrogen) atoms. The standard InChI is InChI=1S/C26H24N2O7/c1-15(34-26(31)16-10-24(29)28(13-16)14-17-6-5-9-33-17)25(30)27-20-12-22-19(11-23(20)32-2)18-7-3-4-8-21(18)35-22/h3-9,11-12,15-16H,10,13-14H2,1-2H3,(H,27,30)/t15-,16-/m0/s1. The summed E-state index contributed by atoms with van der Waals surface area (Å²) in [7, 11) is 1.51. The number of ether oxygens (including phenoxy) is 2. The van der Waals surface area contributed by atoms with Crippen LogP contribution < -0.4 is 10.1 Å². The van der Waals surface area contributed by atoms with E-state index >= 15 is 0 Å². The maximum Gasteiger partial charge on any atom is 0.312 e. The number of methoxy groups -OCH3 is 1. The molecule has 0 aliphatic carbocycles. The molecular weight excluding hydrogens is 452 g/mol. The highest BCUT2D eigenvalue weighted by Gasteiger charge is 2.37. The number of benzene rings is 2. The predicted molar refractivity (Wildman–Crippen MR) is 127 cm³/mol. The van der Waals surface area contributed by atoms with Crippen molar-refractivity contribution < 1.29 is 32.7 Å². The summed E-state index contributed by atoms with van der Waals surface area (Å²) in [6, 6.07) is 14.6. The van der Waals surface area contributed by atoms with Gasteiger partial charge in [-0.1, -0.05) is 18.2 Å². The van der Waals surface area contributed by atoms with Crippen LogP contribution in [0.15, 0.2) is 63.6 Å². The molecule has 1 saturated heterocycles. The Kier molecular flexibility index (Phi) is 5.90. The summed E-state index contributed by atoms with van der Waals surface area (Å²) in [6.45, 7) is 1.98. The molecule has 1 aliphatic rings. The highest BCUT2D eigenvalue weighted by atomic mass is 16.5. The van der Waals surface area contributed by atoms with E-state index in [9.17, 15) is 14.4 Å². The zero-order valence-electron chi connectivity index (χ0n) is 19.3. The number of para-hydroxylation sites is 1. The number of fused-ring (bicyclic) bond motifs is 3. The van der Waals surface area contributed by atoms with Crippen molar-refractivity contribution in [1.82, 2.24) is 4.90 Å². The van der Waals surface area contributed by atoms with Gasteiger partial charge in [0.25, 0.3) is 5.91 Å². The Balaban J connectivity index is 1.25. The number of amides is 2. The zero-order chi connectivity index (χ0) is 24.5. The number of nitrogens with one attached hydrogen (secondary N) is 1. The van der Waals surface area contributed by atoms with E-state index < -0.39 is 23.9 Å². The molecule has 2 aromatic carbocycles. The lowest BCUT2D eigenvalue weighted by atomic mass is 10.1. The van der Waals surface area contributed by atoms with Crippen LogP contribution in [0, 0.1) is 5.92 Å². The third-order valence-electron chi connectivity index (χ3n) is 6.09. The second kappa shape index (κ2) is 9.17. The van der Waals surface area contributed by atoms with Gasteiger partial charge < -0.3 is 28.5 Å². The lowest BCUT2D eigenvalue weighted by Gasteiger charge is -2.18. The number of nitrogens with zero attached hydrogens (tertiary/aromatic N) is 1. The summed E-state index contributed by atoms with van der Waals surface area (Å²) < 4.78 is 22.0. The van der Waals surface area contributed by atoms with Crippen molar-refractivity contribution in [3.05, 3.63) is 60.6 Å². The molecule has 1 aliphatic heterocycles. The molecule has 180 valence electrons. The van der Waals surface area contributed by atoms with E-state index in [1.165, 1.54) is 20.3 Å². The maximum atomic E-state index is 12.8. The first-order chi connectivity index (χ1) is 16.9. The van der Waals surface area contributed by atoms with Crippen molar-refractivity contribution in [2.45, 2.75) is 26.0 Å². The number of furan rings is 2. The Bertz CT molecular complexity index is 1410. The van der Waals surface area contributed by atoms with Gasteiger partial charge in [-0.25, -0.2) is 0 Å².